The van der Waals surface area contributed by atoms with Crippen LogP contribution < -0.4 is 5.32 Å². The topological polar surface area (TPSA) is 52.9 Å². The molecule has 0 saturated carbocycles. The van der Waals surface area contributed by atoms with Crippen molar-refractivity contribution >= 4 is 23.0 Å². The van der Waals surface area contributed by atoms with E-state index in [4.69, 9.17) is 17.5 Å². The fourth-order valence-corrected chi connectivity index (χ4v) is 3.15. The van der Waals surface area contributed by atoms with Crippen molar-refractivity contribution in [2.75, 3.05) is 0 Å². The third kappa shape index (κ3) is 2.00. The molecule has 3 nitrogen and oxygen atoms in total. The number of nitrogens with zero attached hydrogens (tertiary/aromatic N) is 1. The Labute approximate surface area is 107 Å². The number of hydrogen-bond donors (Lipinski definition) is 1. The molecule has 1 heterocycles. The monoisotopic (exact) mass is 248 g/mol. The van der Waals surface area contributed by atoms with E-state index in [-0.39, 0.29) is 23.0 Å². The number of hydrogen-bond acceptors (Lipinski definition) is 3. The Balaban J connectivity index is 2.45. The lowest BCUT2D eigenvalue weighted by Gasteiger charge is -2.39. The molecule has 0 aromatic rings. The maximum atomic E-state index is 12.2. The number of ketones is 1. The van der Waals surface area contributed by atoms with Crippen LogP contribution in [0.4, 0.5) is 0 Å². The molecular formula is C13H16N2OS. The number of thiocarbonyl (C=S) groups is 1. The maximum Gasteiger partial charge on any atom is 0.161 e. The van der Waals surface area contributed by atoms with Crippen molar-refractivity contribution in [1.29, 1.82) is 5.26 Å². The zero-order chi connectivity index (χ0) is 12.8. The van der Waals surface area contributed by atoms with Gasteiger partial charge in [0.25, 0.3) is 0 Å². The first-order valence-electron chi connectivity index (χ1n) is 5.82. The van der Waals surface area contributed by atoms with Crippen LogP contribution in [0.1, 0.15) is 33.6 Å². The van der Waals surface area contributed by atoms with Crippen LogP contribution in [0.15, 0.2) is 11.3 Å². The molecule has 4 heteroatoms. The second-order valence-electron chi connectivity index (χ2n) is 5.72. The third-order valence-corrected chi connectivity index (χ3v) is 3.93. The van der Waals surface area contributed by atoms with E-state index in [2.05, 4.69) is 25.2 Å². The van der Waals surface area contributed by atoms with Gasteiger partial charge in [-0.25, -0.2) is 0 Å². The van der Waals surface area contributed by atoms with E-state index in [0.717, 1.165) is 17.7 Å². The van der Waals surface area contributed by atoms with Gasteiger partial charge in [-0.2, -0.15) is 5.26 Å². The third-order valence-electron chi connectivity index (χ3n) is 3.57. The second-order valence-corrected chi connectivity index (χ2v) is 6.16. The number of carbonyl (C=O) groups excluding carboxylic acids is 1. The highest BCUT2D eigenvalue weighted by molar-refractivity contribution is 7.80. The molecule has 2 rings (SSSR count). The second kappa shape index (κ2) is 3.92. The fraction of sp³-hybridized carbons (Fsp3) is 0.615. The summed E-state index contributed by atoms with van der Waals surface area (Å²) in [6, 6.07) is 2.19. The summed E-state index contributed by atoms with van der Waals surface area (Å²) in [7, 11) is 0. The van der Waals surface area contributed by atoms with E-state index in [1.807, 2.05) is 6.92 Å². The van der Waals surface area contributed by atoms with Crippen molar-refractivity contribution in [3.05, 3.63) is 11.3 Å². The highest BCUT2D eigenvalue weighted by atomic mass is 32.1. The predicted molar refractivity (Wildman–Crippen MR) is 69.0 cm³/mol. The SMILES string of the molecule is C[C@@H]1C2=C(CC(C)(C)CC2=O)NC(=S)[C@@H]1C#N. The zero-order valence-corrected chi connectivity index (χ0v) is 11.1. The molecule has 0 radical (unpaired) electrons. The zero-order valence-electron chi connectivity index (χ0n) is 10.3. The van der Waals surface area contributed by atoms with Crippen LogP contribution in [0.25, 0.3) is 0 Å². The van der Waals surface area contributed by atoms with Crippen molar-refractivity contribution in [1.82, 2.24) is 5.32 Å². The van der Waals surface area contributed by atoms with Crippen LogP contribution in [-0.4, -0.2) is 10.8 Å². The maximum absolute atomic E-state index is 12.2. The molecule has 0 fully saturated rings. The number of nitriles is 1. The summed E-state index contributed by atoms with van der Waals surface area (Å²) in [4.78, 5) is 12.7. The Hall–Kier alpha value is -1.21. The summed E-state index contributed by atoms with van der Waals surface area (Å²) in [6.07, 6.45) is 1.39. The van der Waals surface area contributed by atoms with Crippen molar-refractivity contribution in [3.63, 3.8) is 0 Å². The van der Waals surface area contributed by atoms with Gasteiger partial charge in [-0.3, -0.25) is 4.79 Å². The fourth-order valence-electron chi connectivity index (χ4n) is 2.77. The van der Waals surface area contributed by atoms with Crippen LogP contribution in [0.5, 0.6) is 0 Å². The van der Waals surface area contributed by atoms with Crippen LogP contribution in [0.2, 0.25) is 0 Å². The highest BCUT2D eigenvalue weighted by Gasteiger charge is 2.41. The molecule has 0 spiro atoms. The molecule has 0 amide bonds. The van der Waals surface area contributed by atoms with Gasteiger partial charge in [0.2, 0.25) is 0 Å². The van der Waals surface area contributed by atoms with Gasteiger partial charge in [0.1, 0.15) is 5.92 Å². The molecule has 2 atom stereocenters. The largest absolute Gasteiger partial charge is 0.352 e. The van der Waals surface area contributed by atoms with Gasteiger partial charge < -0.3 is 5.32 Å². The lowest BCUT2D eigenvalue weighted by Crippen LogP contribution is -2.44. The molecule has 0 aromatic heterocycles. The lowest BCUT2D eigenvalue weighted by atomic mass is 9.69. The Morgan fingerprint density at radius 3 is 2.71 bits per heavy atom. The Morgan fingerprint density at radius 1 is 1.47 bits per heavy atom. The minimum atomic E-state index is -0.367. The molecule has 2 aliphatic rings. The molecular weight excluding hydrogens is 232 g/mol. The molecule has 0 aromatic carbocycles. The summed E-state index contributed by atoms with van der Waals surface area (Å²) >= 11 is 5.21. The average molecular weight is 248 g/mol. The van der Waals surface area contributed by atoms with Gasteiger partial charge >= 0.3 is 0 Å². The summed E-state index contributed by atoms with van der Waals surface area (Å²) in [5.74, 6) is -0.278. The first-order chi connectivity index (χ1) is 7.85. The van der Waals surface area contributed by atoms with Crippen LogP contribution in [0.3, 0.4) is 0 Å². The van der Waals surface area contributed by atoms with E-state index in [9.17, 15) is 4.79 Å². The molecule has 90 valence electrons. The van der Waals surface area contributed by atoms with Gasteiger partial charge in [-0.1, -0.05) is 33.0 Å². The quantitative estimate of drug-likeness (QED) is 0.668. The Morgan fingerprint density at radius 2 is 2.12 bits per heavy atom. The smallest absolute Gasteiger partial charge is 0.161 e. The molecule has 0 unspecified atom stereocenters. The molecule has 1 aliphatic heterocycles. The summed E-state index contributed by atoms with van der Waals surface area (Å²) in [5.41, 5.74) is 1.72. The van der Waals surface area contributed by atoms with E-state index in [1.165, 1.54) is 0 Å². The molecule has 0 bridgehead atoms. The average Bonchev–Trinajstić information content (AvgIpc) is 2.14. The van der Waals surface area contributed by atoms with Crippen LogP contribution in [0, 0.1) is 28.6 Å². The molecule has 1 N–H and O–H groups in total. The lowest BCUT2D eigenvalue weighted by molar-refractivity contribution is -0.118. The summed E-state index contributed by atoms with van der Waals surface area (Å²) in [6.45, 7) is 6.09. The molecule has 17 heavy (non-hydrogen) atoms. The standard InChI is InChI=1S/C13H16N2OS/c1-7-8(6-14)12(17)15-9-4-13(2,3)5-10(16)11(7)9/h7-8H,4-5H2,1-3H3,(H,15,17)/t7-,8+/m0/s1. The van der Waals surface area contributed by atoms with Crippen molar-refractivity contribution in [2.45, 2.75) is 33.6 Å². The van der Waals surface area contributed by atoms with Crippen molar-refractivity contribution in [2.24, 2.45) is 17.3 Å². The Kier molecular flexibility index (Phi) is 2.82. The molecule has 1 aliphatic carbocycles. The number of allylic oxidation sites excluding steroid dienone is 2. The number of nitrogens with one attached hydrogen (secondary N) is 1. The van der Waals surface area contributed by atoms with E-state index < -0.39 is 0 Å². The molecule has 0 saturated heterocycles. The van der Waals surface area contributed by atoms with Gasteiger partial charge in [-0.15, -0.1) is 0 Å². The van der Waals surface area contributed by atoms with Gasteiger partial charge in [-0.05, 0) is 11.8 Å². The number of carbonyl (C=O) groups is 1. The van der Waals surface area contributed by atoms with Crippen molar-refractivity contribution in [3.8, 4) is 6.07 Å². The van der Waals surface area contributed by atoms with Crippen LogP contribution >= 0.6 is 12.2 Å². The normalized spacial score (nSPS) is 31.6. The minimum absolute atomic E-state index is 0.0161. The predicted octanol–water partition coefficient (Wildman–Crippen LogP) is 2.34. The van der Waals surface area contributed by atoms with Crippen LogP contribution in [-0.2, 0) is 4.79 Å². The highest BCUT2D eigenvalue weighted by Crippen LogP contribution is 2.41. The van der Waals surface area contributed by atoms with Crippen molar-refractivity contribution < 1.29 is 4.79 Å². The van der Waals surface area contributed by atoms with Gasteiger partial charge in [0, 0.05) is 23.6 Å². The van der Waals surface area contributed by atoms with E-state index in [0.29, 0.717) is 11.4 Å². The van der Waals surface area contributed by atoms with E-state index >= 15 is 0 Å². The first kappa shape index (κ1) is 12.3. The Bertz CT molecular complexity index is 470. The van der Waals surface area contributed by atoms with Gasteiger partial charge in [0.05, 0.1) is 11.1 Å². The van der Waals surface area contributed by atoms with E-state index in [1.54, 1.807) is 0 Å². The minimum Gasteiger partial charge on any atom is -0.352 e. The number of Topliss-reactive ketones (excluding diaryl/α,β-unsaturated/α-hetero) is 1. The first-order valence-corrected chi connectivity index (χ1v) is 6.23. The summed E-state index contributed by atoms with van der Waals surface area (Å²) in [5, 5.41) is 12.2. The summed E-state index contributed by atoms with van der Waals surface area (Å²) < 4.78 is 0. The number of rotatable bonds is 0. The van der Waals surface area contributed by atoms with Gasteiger partial charge in [0.15, 0.2) is 5.78 Å².